The summed E-state index contributed by atoms with van der Waals surface area (Å²) in [6, 6.07) is 18.6. The molecule has 0 spiro atoms. The van der Waals surface area contributed by atoms with Crippen molar-refractivity contribution in [2.24, 2.45) is 4.99 Å². The summed E-state index contributed by atoms with van der Waals surface area (Å²) in [6.45, 7) is 3.83. The number of carbonyl (C=O) groups is 2. The molecule has 142 valence electrons. The van der Waals surface area contributed by atoms with Gasteiger partial charge in [0.1, 0.15) is 6.61 Å². The molecule has 2 atom stereocenters. The molecule has 2 aliphatic heterocycles. The number of carbonyl (C=O) groups excluding carboxylic acids is 2. The summed E-state index contributed by atoms with van der Waals surface area (Å²) in [7, 11) is 0. The standard InChI is InChI=1S/C22H20N2O3S/c1-14-18(21(26)27-13-16-9-5-3-6-10-16)19(17-11-7-4-8-12-17)24-20(25)15(2)28-22(24)23-14/h3-12,15,19H,13H2,1-2H3. The van der Waals surface area contributed by atoms with E-state index in [2.05, 4.69) is 4.99 Å². The van der Waals surface area contributed by atoms with E-state index in [4.69, 9.17) is 4.74 Å². The number of esters is 1. The van der Waals surface area contributed by atoms with Crippen molar-refractivity contribution in [3.05, 3.63) is 83.1 Å². The zero-order chi connectivity index (χ0) is 19.7. The van der Waals surface area contributed by atoms with E-state index in [0.29, 0.717) is 16.4 Å². The van der Waals surface area contributed by atoms with Crippen LogP contribution in [0.2, 0.25) is 0 Å². The lowest BCUT2D eigenvalue weighted by Crippen LogP contribution is -2.40. The molecular formula is C22H20N2O3S. The van der Waals surface area contributed by atoms with Crippen LogP contribution in [0.4, 0.5) is 0 Å². The lowest BCUT2D eigenvalue weighted by molar-refractivity contribution is -0.141. The first-order chi connectivity index (χ1) is 13.6. The highest BCUT2D eigenvalue weighted by Crippen LogP contribution is 2.43. The number of hydrogen-bond donors (Lipinski definition) is 0. The van der Waals surface area contributed by atoms with Crippen molar-refractivity contribution in [1.82, 2.24) is 4.90 Å². The van der Waals surface area contributed by atoms with Crippen LogP contribution < -0.4 is 0 Å². The molecule has 0 saturated carbocycles. The molecule has 2 aromatic carbocycles. The molecule has 28 heavy (non-hydrogen) atoms. The van der Waals surface area contributed by atoms with Gasteiger partial charge in [0.15, 0.2) is 5.17 Å². The molecule has 1 amide bonds. The smallest absolute Gasteiger partial charge is 0.338 e. The number of rotatable bonds is 4. The molecule has 2 heterocycles. The van der Waals surface area contributed by atoms with Crippen molar-refractivity contribution in [2.75, 3.05) is 0 Å². The number of allylic oxidation sites excluding steroid dienone is 1. The fourth-order valence-electron chi connectivity index (χ4n) is 3.42. The number of ether oxygens (including phenoxy) is 1. The molecule has 0 aliphatic carbocycles. The summed E-state index contributed by atoms with van der Waals surface area (Å²) in [5.41, 5.74) is 2.78. The second kappa shape index (κ2) is 7.64. The predicted octanol–water partition coefficient (Wildman–Crippen LogP) is 4.08. The van der Waals surface area contributed by atoms with Gasteiger partial charge in [0.25, 0.3) is 0 Å². The van der Waals surface area contributed by atoms with Gasteiger partial charge in [-0.05, 0) is 25.0 Å². The minimum atomic E-state index is -0.526. The van der Waals surface area contributed by atoms with E-state index in [1.54, 1.807) is 11.8 Å². The summed E-state index contributed by atoms with van der Waals surface area (Å²) in [6.07, 6.45) is 0. The van der Waals surface area contributed by atoms with Gasteiger partial charge in [-0.1, -0.05) is 72.4 Å². The molecule has 1 saturated heterocycles. The quantitative estimate of drug-likeness (QED) is 0.736. The average molecular weight is 392 g/mol. The van der Waals surface area contributed by atoms with Crippen LogP contribution in [0, 0.1) is 0 Å². The first-order valence-electron chi connectivity index (χ1n) is 9.11. The van der Waals surface area contributed by atoms with Crippen molar-refractivity contribution in [2.45, 2.75) is 31.7 Å². The number of amides is 1. The summed E-state index contributed by atoms with van der Waals surface area (Å²) in [5.74, 6) is -0.492. The van der Waals surface area contributed by atoms with E-state index in [9.17, 15) is 9.59 Å². The Labute approximate surface area is 168 Å². The van der Waals surface area contributed by atoms with Crippen molar-refractivity contribution in [1.29, 1.82) is 0 Å². The maximum absolute atomic E-state index is 13.0. The number of benzene rings is 2. The van der Waals surface area contributed by atoms with E-state index in [1.807, 2.05) is 67.6 Å². The maximum atomic E-state index is 13.0. The molecule has 1 fully saturated rings. The minimum absolute atomic E-state index is 0.0431. The zero-order valence-electron chi connectivity index (χ0n) is 15.7. The van der Waals surface area contributed by atoms with Gasteiger partial charge in [-0.25, -0.2) is 9.79 Å². The van der Waals surface area contributed by atoms with Gasteiger partial charge in [-0.15, -0.1) is 0 Å². The van der Waals surface area contributed by atoms with Crippen LogP contribution in [0.25, 0.3) is 0 Å². The normalized spacial score (nSPS) is 21.4. The van der Waals surface area contributed by atoms with Gasteiger partial charge in [0, 0.05) is 0 Å². The zero-order valence-corrected chi connectivity index (χ0v) is 16.5. The Morgan fingerprint density at radius 3 is 2.43 bits per heavy atom. The summed E-state index contributed by atoms with van der Waals surface area (Å²) >= 11 is 1.42. The molecular weight excluding hydrogens is 372 g/mol. The summed E-state index contributed by atoms with van der Waals surface area (Å²) < 4.78 is 5.59. The van der Waals surface area contributed by atoms with Crippen LogP contribution in [-0.2, 0) is 20.9 Å². The molecule has 4 rings (SSSR count). The summed E-state index contributed by atoms with van der Waals surface area (Å²) in [4.78, 5) is 32.1. The number of aliphatic imine (C=N–C) groups is 1. The third-order valence-electron chi connectivity index (χ3n) is 4.81. The van der Waals surface area contributed by atoms with Crippen LogP contribution >= 0.6 is 11.8 Å². The van der Waals surface area contributed by atoms with E-state index in [0.717, 1.165) is 11.1 Å². The first kappa shape index (κ1) is 18.5. The first-order valence-corrected chi connectivity index (χ1v) is 9.99. The molecule has 0 radical (unpaired) electrons. The van der Waals surface area contributed by atoms with E-state index in [1.165, 1.54) is 11.8 Å². The Bertz CT molecular complexity index is 970. The summed E-state index contributed by atoms with van der Waals surface area (Å²) in [5, 5.41) is 0.418. The topological polar surface area (TPSA) is 59.0 Å². The van der Waals surface area contributed by atoms with Gasteiger partial charge in [0.2, 0.25) is 5.91 Å². The molecule has 2 aliphatic rings. The number of hydrogen-bond acceptors (Lipinski definition) is 5. The van der Waals surface area contributed by atoms with E-state index in [-0.39, 0.29) is 17.8 Å². The van der Waals surface area contributed by atoms with Crippen LogP contribution in [0.1, 0.15) is 31.0 Å². The SMILES string of the molecule is CC1=C(C(=O)OCc2ccccc2)C(c2ccccc2)N2C(=O)C(C)SC2=N1. The lowest BCUT2D eigenvalue weighted by Gasteiger charge is -2.33. The monoisotopic (exact) mass is 392 g/mol. The van der Waals surface area contributed by atoms with Gasteiger partial charge < -0.3 is 4.74 Å². The van der Waals surface area contributed by atoms with Gasteiger partial charge in [-0.2, -0.15) is 0 Å². The van der Waals surface area contributed by atoms with Crippen molar-refractivity contribution >= 4 is 28.8 Å². The molecule has 0 aromatic heterocycles. The second-order valence-corrected chi connectivity index (χ2v) is 8.04. The van der Waals surface area contributed by atoms with Crippen molar-refractivity contribution in [3.8, 4) is 0 Å². The Morgan fingerprint density at radius 2 is 1.75 bits per heavy atom. The maximum Gasteiger partial charge on any atom is 0.338 e. The highest BCUT2D eigenvalue weighted by Gasteiger charge is 2.46. The minimum Gasteiger partial charge on any atom is -0.457 e. The van der Waals surface area contributed by atoms with Crippen molar-refractivity contribution < 1.29 is 14.3 Å². The largest absolute Gasteiger partial charge is 0.457 e. The number of thioether (sulfide) groups is 1. The highest BCUT2D eigenvalue weighted by atomic mass is 32.2. The Morgan fingerprint density at radius 1 is 1.11 bits per heavy atom. The van der Waals surface area contributed by atoms with Gasteiger partial charge >= 0.3 is 5.97 Å². The van der Waals surface area contributed by atoms with Crippen LogP contribution in [0.15, 0.2) is 76.9 Å². The average Bonchev–Trinajstić information content (AvgIpc) is 3.00. The van der Waals surface area contributed by atoms with Gasteiger partial charge in [-0.3, -0.25) is 9.69 Å². The molecule has 6 heteroatoms. The second-order valence-electron chi connectivity index (χ2n) is 6.74. The molecule has 0 N–H and O–H groups in total. The van der Waals surface area contributed by atoms with Gasteiger partial charge in [0.05, 0.1) is 22.6 Å². The lowest BCUT2D eigenvalue weighted by atomic mass is 9.94. The van der Waals surface area contributed by atoms with Crippen LogP contribution in [-0.4, -0.2) is 27.2 Å². The highest BCUT2D eigenvalue weighted by molar-refractivity contribution is 8.15. The van der Waals surface area contributed by atoms with Crippen LogP contribution in [0.3, 0.4) is 0 Å². The van der Waals surface area contributed by atoms with E-state index < -0.39 is 12.0 Å². The fraction of sp³-hybridized carbons (Fsp3) is 0.227. The third-order valence-corrected chi connectivity index (χ3v) is 5.86. The molecule has 5 nitrogen and oxygen atoms in total. The predicted molar refractivity (Wildman–Crippen MR) is 109 cm³/mol. The molecule has 0 bridgehead atoms. The van der Waals surface area contributed by atoms with Crippen molar-refractivity contribution in [3.63, 3.8) is 0 Å². The molecule has 2 unspecified atom stereocenters. The third kappa shape index (κ3) is 3.36. The fourth-order valence-corrected chi connectivity index (χ4v) is 4.44. The Balaban J connectivity index is 1.70. The molecule has 2 aromatic rings. The Kier molecular flexibility index (Phi) is 5.05. The van der Waals surface area contributed by atoms with E-state index >= 15 is 0 Å². The number of fused-ring (bicyclic) bond motifs is 1. The van der Waals surface area contributed by atoms with Crippen LogP contribution in [0.5, 0.6) is 0 Å². The number of nitrogens with zero attached hydrogens (tertiary/aromatic N) is 2. The number of amidine groups is 1. The Hall–Kier alpha value is -2.86.